The Kier molecular flexibility index (Phi) is 6.11. The number of carbonyl (C=O) groups excluding carboxylic acids is 1. The summed E-state index contributed by atoms with van der Waals surface area (Å²) in [4.78, 5) is 24.6. The van der Waals surface area contributed by atoms with Crippen molar-refractivity contribution in [2.45, 2.75) is 25.6 Å². The predicted molar refractivity (Wildman–Crippen MR) is 82.2 cm³/mol. The Morgan fingerprint density at radius 2 is 1.96 bits per heavy atom. The molecule has 1 aliphatic rings. The first-order chi connectivity index (χ1) is 11.7. The van der Waals surface area contributed by atoms with Gasteiger partial charge in [0.25, 0.3) is 0 Å². The van der Waals surface area contributed by atoms with E-state index in [1.165, 1.54) is 17.0 Å². The monoisotopic (exact) mass is 360 g/mol. The smallest absolute Gasteiger partial charge is 0.422 e. The van der Waals surface area contributed by atoms with Crippen molar-refractivity contribution < 1.29 is 32.6 Å². The van der Waals surface area contributed by atoms with Gasteiger partial charge in [-0.2, -0.15) is 13.2 Å². The molecule has 2 N–H and O–H groups in total. The Hall–Kier alpha value is -2.45. The zero-order chi connectivity index (χ0) is 18.4. The highest BCUT2D eigenvalue weighted by atomic mass is 19.4. The first-order valence-electron chi connectivity index (χ1n) is 7.78. The van der Waals surface area contributed by atoms with Gasteiger partial charge in [0.2, 0.25) is 0 Å². The SMILES string of the molecule is O=C(O)C1CCCN(C(=O)NCc2ccc(OCC(F)(F)F)cc2)C1. The van der Waals surface area contributed by atoms with Crippen LogP contribution < -0.4 is 10.1 Å². The lowest BCUT2D eigenvalue weighted by atomic mass is 9.99. The number of nitrogens with one attached hydrogen (secondary N) is 1. The van der Waals surface area contributed by atoms with Crippen molar-refractivity contribution in [1.82, 2.24) is 10.2 Å². The van der Waals surface area contributed by atoms with Gasteiger partial charge < -0.3 is 20.1 Å². The number of amides is 2. The molecule has 0 spiro atoms. The molecule has 0 aromatic heterocycles. The third-order valence-electron chi connectivity index (χ3n) is 3.83. The Bertz CT molecular complexity index is 604. The van der Waals surface area contributed by atoms with Crippen molar-refractivity contribution >= 4 is 12.0 Å². The largest absolute Gasteiger partial charge is 0.484 e. The van der Waals surface area contributed by atoms with E-state index in [-0.39, 0.29) is 24.9 Å². The lowest BCUT2D eigenvalue weighted by Crippen LogP contribution is -2.46. The molecule has 1 fully saturated rings. The minimum absolute atomic E-state index is 0.0905. The summed E-state index contributed by atoms with van der Waals surface area (Å²) in [6.45, 7) is -0.499. The maximum atomic E-state index is 12.1. The number of ether oxygens (including phenoxy) is 1. The number of urea groups is 1. The second-order valence-electron chi connectivity index (χ2n) is 5.83. The lowest BCUT2D eigenvalue weighted by molar-refractivity contribution is -0.153. The number of alkyl halides is 3. The van der Waals surface area contributed by atoms with E-state index in [0.29, 0.717) is 24.9 Å². The normalized spacial score (nSPS) is 17.9. The van der Waals surface area contributed by atoms with Crippen LogP contribution >= 0.6 is 0 Å². The lowest BCUT2D eigenvalue weighted by Gasteiger charge is -2.30. The molecule has 1 aromatic carbocycles. The Labute approximate surface area is 142 Å². The average Bonchev–Trinajstić information content (AvgIpc) is 2.58. The summed E-state index contributed by atoms with van der Waals surface area (Å²) >= 11 is 0. The van der Waals surface area contributed by atoms with E-state index in [1.54, 1.807) is 12.1 Å². The summed E-state index contributed by atoms with van der Waals surface area (Å²) in [7, 11) is 0. The van der Waals surface area contributed by atoms with Crippen LogP contribution in [0.25, 0.3) is 0 Å². The van der Waals surface area contributed by atoms with Gasteiger partial charge in [-0.1, -0.05) is 12.1 Å². The number of halogens is 3. The van der Waals surface area contributed by atoms with E-state index in [9.17, 15) is 22.8 Å². The maximum Gasteiger partial charge on any atom is 0.422 e. The van der Waals surface area contributed by atoms with Crippen LogP contribution in [-0.4, -0.2) is 47.9 Å². The van der Waals surface area contributed by atoms with Crippen molar-refractivity contribution in [2.24, 2.45) is 5.92 Å². The fraction of sp³-hybridized carbons (Fsp3) is 0.500. The average molecular weight is 360 g/mol. The van der Waals surface area contributed by atoms with Gasteiger partial charge in [-0.3, -0.25) is 4.79 Å². The number of carboxylic acid groups (broad SMARTS) is 1. The van der Waals surface area contributed by atoms with Gasteiger partial charge in [0.1, 0.15) is 5.75 Å². The van der Waals surface area contributed by atoms with Crippen molar-refractivity contribution in [3.8, 4) is 5.75 Å². The number of hydrogen-bond acceptors (Lipinski definition) is 3. The van der Waals surface area contributed by atoms with Crippen LogP contribution in [0, 0.1) is 5.92 Å². The molecular formula is C16H19F3N2O4. The van der Waals surface area contributed by atoms with Gasteiger partial charge in [0, 0.05) is 19.6 Å². The van der Waals surface area contributed by atoms with Gasteiger partial charge in [0.05, 0.1) is 5.92 Å². The van der Waals surface area contributed by atoms with E-state index in [4.69, 9.17) is 5.11 Å². The van der Waals surface area contributed by atoms with Crippen LogP contribution in [0.2, 0.25) is 0 Å². The molecule has 1 atom stereocenters. The fourth-order valence-electron chi connectivity index (χ4n) is 2.52. The number of hydrogen-bond donors (Lipinski definition) is 2. The van der Waals surface area contributed by atoms with Crippen LogP contribution in [0.3, 0.4) is 0 Å². The molecule has 0 aliphatic carbocycles. The van der Waals surface area contributed by atoms with E-state index < -0.39 is 24.7 Å². The second-order valence-corrected chi connectivity index (χ2v) is 5.83. The number of nitrogens with zero attached hydrogens (tertiary/aromatic N) is 1. The topological polar surface area (TPSA) is 78.9 Å². The third-order valence-corrected chi connectivity index (χ3v) is 3.83. The maximum absolute atomic E-state index is 12.1. The zero-order valence-electron chi connectivity index (χ0n) is 13.4. The minimum atomic E-state index is -4.39. The molecule has 25 heavy (non-hydrogen) atoms. The molecule has 0 saturated carbocycles. The molecule has 6 nitrogen and oxygen atoms in total. The fourth-order valence-corrected chi connectivity index (χ4v) is 2.52. The summed E-state index contributed by atoms with van der Waals surface area (Å²) in [5.74, 6) is -1.37. The molecule has 1 aliphatic heterocycles. The highest BCUT2D eigenvalue weighted by molar-refractivity contribution is 5.76. The van der Waals surface area contributed by atoms with Crippen LogP contribution in [0.5, 0.6) is 5.75 Å². The van der Waals surface area contributed by atoms with Crippen LogP contribution in [0.4, 0.5) is 18.0 Å². The standard InChI is InChI=1S/C16H19F3N2O4/c17-16(18,19)10-25-13-5-3-11(4-6-13)8-20-15(24)21-7-1-2-12(9-21)14(22)23/h3-6,12H,1-2,7-10H2,(H,20,24)(H,22,23). The molecule has 138 valence electrons. The Morgan fingerprint density at radius 1 is 1.28 bits per heavy atom. The summed E-state index contributed by atoms with van der Waals surface area (Å²) in [6.07, 6.45) is -3.21. The highest BCUT2D eigenvalue weighted by Gasteiger charge is 2.29. The number of likely N-dealkylation sites (tertiary alicyclic amines) is 1. The molecule has 2 rings (SSSR count). The molecule has 0 radical (unpaired) electrons. The number of piperidine rings is 1. The van der Waals surface area contributed by atoms with Gasteiger partial charge >= 0.3 is 18.2 Å². The summed E-state index contributed by atoms with van der Waals surface area (Å²) in [5, 5.41) is 11.7. The second kappa shape index (κ2) is 8.09. The van der Waals surface area contributed by atoms with Crippen molar-refractivity contribution in [1.29, 1.82) is 0 Å². The van der Waals surface area contributed by atoms with Crippen LogP contribution in [0.15, 0.2) is 24.3 Å². The molecule has 1 aromatic rings. The Morgan fingerprint density at radius 3 is 2.56 bits per heavy atom. The number of rotatable bonds is 5. The van der Waals surface area contributed by atoms with E-state index >= 15 is 0 Å². The molecule has 1 unspecified atom stereocenters. The highest BCUT2D eigenvalue weighted by Crippen LogP contribution is 2.19. The number of aliphatic carboxylic acids is 1. The summed E-state index contributed by atoms with van der Waals surface area (Å²) < 4.78 is 40.8. The van der Waals surface area contributed by atoms with Crippen molar-refractivity contribution in [3.05, 3.63) is 29.8 Å². The molecule has 0 bridgehead atoms. The van der Waals surface area contributed by atoms with Gasteiger partial charge in [-0.05, 0) is 30.5 Å². The van der Waals surface area contributed by atoms with Gasteiger partial charge in [-0.25, -0.2) is 4.79 Å². The van der Waals surface area contributed by atoms with Crippen LogP contribution in [-0.2, 0) is 11.3 Å². The first kappa shape index (κ1) is 18.9. The number of carboxylic acids is 1. The first-order valence-corrected chi connectivity index (χ1v) is 7.78. The molecule has 2 amide bonds. The van der Waals surface area contributed by atoms with Gasteiger partial charge in [-0.15, -0.1) is 0 Å². The van der Waals surface area contributed by atoms with Crippen LogP contribution in [0.1, 0.15) is 18.4 Å². The Balaban J connectivity index is 1.80. The number of benzene rings is 1. The van der Waals surface area contributed by atoms with Crippen molar-refractivity contribution in [3.63, 3.8) is 0 Å². The van der Waals surface area contributed by atoms with Crippen molar-refractivity contribution in [2.75, 3.05) is 19.7 Å². The number of carbonyl (C=O) groups is 2. The zero-order valence-corrected chi connectivity index (χ0v) is 13.4. The molecule has 9 heteroatoms. The predicted octanol–water partition coefficient (Wildman–Crippen LogP) is 2.63. The third kappa shape index (κ3) is 6.17. The molecule has 1 heterocycles. The molecule has 1 saturated heterocycles. The van der Waals surface area contributed by atoms with E-state index in [1.807, 2.05) is 0 Å². The van der Waals surface area contributed by atoms with E-state index in [0.717, 1.165) is 0 Å². The van der Waals surface area contributed by atoms with E-state index in [2.05, 4.69) is 10.1 Å². The van der Waals surface area contributed by atoms with Gasteiger partial charge in [0.15, 0.2) is 6.61 Å². The minimum Gasteiger partial charge on any atom is -0.484 e. The summed E-state index contributed by atoms with van der Waals surface area (Å²) in [6, 6.07) is 5.55. The summed E-state index contributed by atoms with van der Waals surface area (Å²) in [5.41, 5.74) is 0.694. The quantitative estimate of drug-likeness (QED) is 0.846. The molecular weight excluding hydrogens is 341 g/mol.